The van der Waals surface area contributed by atoms with Crippen LogP contribution in [0.2, 0.25) is 0 Å². The maximum Gasteiger partial charge on any atom is 0.290 e. The van der Waals surface area contributed by atoms with Gasteiger partial charge in [0.15, 0.2) is 5.75 Å². The molecule has 0 spiro atoms. The van der Waals surface area contributed by atoms with Crippen molar-refractivity contribution < 1.29 is 4.74 Å². The van der Waals surface area contributed by atoms with E-state index in [1.165, 1.54) is 18.4 Å². The molecular formula is C13H14N2O2. The van der Waals surface area contributed by atoms with Gasteiger partial charge in [-0.25, -0.2) is 0 Å². The summed E-state index contributed by atoms with van der Waals surface area (Å²) in [7, 11) is 1.50. The second-order valence-corrected chi connectivity index (χ2v) is 4.44. The number of nitrogens with zero attached hydrogens (tertiary/aromatic N) is 1. The van der Waals surface area contributed by atoms with Crippen molar-refractivity contribution in [2.75, 3.05) is 7.11 Å². The van der Waals surface area contributed by atoms with Crippen LogP contribution in [0, 0.1) is 6.92 Å². The molecule has 17 heavy (non-hydrogen) atoms. The van der Waals surface area contributed by atoms with Gasteiger partial charge in [-0.05, 0) is 37.3 Å². The Bertz CT molecular complexity index is 658. The third-order valence-electron chi connectivity index (χ3n) is 3.48. The van der Waals surface area contributed by atoms with Crippen LogP contribution in [0.3, 0.4) is 0 Å². The molecule has 0 bridgehead atoms. The molecule has 0 amide bonds. The highest BCUT2D eigenvalue weighted by molar-refractivity contribution is 5.80. The van der Waals surface area contributed by atoms with Crippen molar-refractivity contribution in [2.24, 2.45) is 0 Å². The first kappa shape index (κ1) is 10.3. The van der Waals surface area contributed by atoms with Gasteiger partial charge in [0.25, 0.3) is 5.56 Å². The molecule has 2 aromatic heterocycles. The van der Waals surface area contributed by atoms with Crippen molar-refractivity contribution in [3.8, 4) is 5.75 Å². The molecule has 1 aliphatic carbocycles. The third kappa shape index (κ3) is 1.44. The summed E-state index contributed by atoms with van der Waals surface area (Å²) in [5, 5.41) is 0. The van der Waals surface area contributed by atoms with E-state index < -0.39 is 0 Å². The topological polar surface area (TPSA) is 55.0 Å². The maximum atomic E-state index is 11.7. The summed E-state index contributed by atoms with van der Waals surface area (Å²) in [6.07, 6.45) is 3.26. The molecule has 0 saturated carbocycles. The molecule has 0 aromatic carbocycles. The van der Waals surface area contributed by atoms with Gasteiger partial charge in [0.2, 0.25) is 0 Å². The number of nitrogens with one attached hydrogen (secondary N) is 1. The van der Waals surface area contributed by atoms with Gasteiger partial charge in [-0.3, -0.25) is 9.78 Å². The Kier molecular flexibility index (Phi) is 2.18. The van der Waals surface area contributed by atoms with Crippen LogP contribution in [0.15, 0.2) is 10.9 Å². The van der Waals surface area contributed by atoms with E-state index >= 15 is 0 Å². The fourth-order valence-electron chi connectivity index (χ4n) is 2.58. The van der Waals surface area contributed by atoms with E-state index in [1.54, 1.807) is 6.07 Å². The molecular weight excluding hydrogens is 216 g/mol. The molecule has 4 nitrogen and oxygen atoms in total. The highest BCUT2D eigenvalue weighted by Crippen LogP contribution is 2.28. The molecule has 2 aromatic rings. The lowest BCUT2D eigenvalue weighted by Crippen LogP contribution is -2.10. The highest BCUT2D eigenvalue weighted by atomic mass is 16.5. The van der Waals surface area contributed by atoms with Crippen molar-refractivity contribution in [1.82, 2.24) is 9.97 Å². The van der Waals surface area contributed by atoms with Gasteiger partial charge in [-0.15, -0.1) is 0 Å². The van der Waals surface area contributed by atoms with E-state index in [4.69, 9.17) is 4.74 Å². The fourth-order valence-corrected chi connectivity index (χ4v) is 2.58. The number of H-pyrrole nitrogens is 1. The number of ether oxygens (including phenoxy) is 1. The van der Waals surface area contributed by atoms with Gasteiger partial charge in [0, 0.05) is 11.8 Å². The highest BCUT2D eigenvalue weighted by Gasteiger charge is 2.18. The van der Waals surface area contributed by atoms with Gasteiger partial charge in [-0.2, -0.15) is 0 Å². The Morgan fingerprint density at radius 1 is 1.41 bits per heavy atom. The van der Waals surface area contributed by atoms with E-state index in [0.29, 0.717) is 5.75 Å². The first-order valence-corrected chi connectivity index (χ1v) is 5.80. The Morgan fingerprint density at radius 3 is 3.00 bits per heavy atom. The minimum Gasteiger partial charge on any atom is -0.491 e. The number of rotatable bonds is 1. The monoisotopic (exact) mass is 230 g/mol. The van der Waals surface area contributed by atoms with Crippen LogP contribution in [0.25, 0.3) is 11.0 Å². The van der Waals surface area contributed by atoms with Crippen LogP contribution in [0.1, 0.15) is 23.2 Å². The smallest absolute Gasteiger partial charge is 0.290 e. The van der Waals surface area contributed by atoms with Crippen molar-refractivity contribution >= 4 is 11.0 Å². The minimum atomic E-state index is -0.192. The van der Waals surface area contributed by atoms with Crippen LogP contribution >= 0.6 is 0 Å². The Morgan fingerprint density at radius 2 is 2.24 bits per heavy atom. The summed E-state index contributed by atoms with van der Waals surface area (Å²) >= 11 is 0. The van der Waals surface area contributed by atoms with Gasteiger partial charge in [-0.1, -0.05) is 0 Å². The molecule has 0 atom stereocenters. The number of pyridine rings is 2. The zero-order valence-corrected chi connectivity index (χ0v) is 9.96. The summed E-state index contributed by atoms with van der Waals surface area (Å²) in [5.74, 6) is 0.322. The van der Waals surface area contributed by atoms with Crippen molar-refractivity contribution in [2.45, 2.75) is 26.2 Å². The lowest BCUT2D eigenvalue weighted by Gasteiger charge is -2.09. The number of aryl methyl sites for hydroxylation is 2. The van der Waals surface area contributed by atoms with E-state index in [9.17, 15) is 4.79 Å². The van der Waals surface area contributed by atoms with Crippen LogP contribution in [0.5, 0.6) is 5.75 Å². The van der Waals surface area contributed by atoms with Gasteiger partial charge < -0.3 is 9.72 Å². The predicted octanol–water partition coefficient (Wildman–Crippen LogP) is 1.73. The number of aromatic nitrogens is 2. The van der Waals surface area contributed by atoms with E-state index in [2.05, 4.69) is 16.9 Å². The first-order valence-electron chi connectivity index (χ1n) is 5.80. The molecule has 1 aliphatic rings. The van der Waals surface area contributed by atoms with Crippen LogP contribution < -0.4 is 10.3 Å². The molecule has 88 valence electrons. The molecule has 2 heterocycles. The Hall–Kier alpha value is -1.84. The molecule has 0 fully saturated rings. The number of fused-ring (bicyclic) bond motifs is 2. The Balaban J connectivity index is 2.40. The SMILES string of the molecule is COc1cc2nc3c(c(C)c2[nH]c1=O)CCC3. The van der Waals surface area contributed by atoms with E-state index in [1.807, 2.05) is 0 Å². The number of aromatic amines is 1. The lowest BCUT2D eigenvalue weighted by molar-refractivity contribution is 0.409. The summed E-state index contributed by atoms with van der Waals surface area (Å²) in [4.78, 5) is 19.2. The van der Waals surface area contributed by atoms with Crippen LogP contribution in [0.4, 0.5) is 0 Å². The molecule has 3 rings (SSSR count). The van der Waals surface area contributed by atoms with Gasteiger partial charge in [0.05, 0.1) is 18.1 Å². The molecule has 0 saturated heterocycles. The largest absolute Gasteiger partial charge is 0.491 e. The molecule has 0 unspecified atom stereocenters. The summed E-state index contributed by atoms with van der Waals surface area (Å²) in [5.41, 5.74) is 5.10. The lowest BCUT2D eigenvalue weighted by atomic mass is 10.1. The van der Waals surface area contributed by atoms with Crippen LogP contribution in [-0.2, 0) is 12.8 Å². The third-order valence-corrected chi connectivity index (χ3v) is 3.48. The zero-order chi connectivity index (χ0) is 12.0. The fraction of sp³-hybridized carbons (Fsp3) is 0.385. The zero-order valence-electron chi connectivity index (χ0n) is 9.96. The van der Waals surface area contributed by atoms with Gasteiger partial charge in [0.1, 0.15) is 0 Å². The normalized spacial score (nSPS) is 14.0. The van der Waals surface area contributed by atoms with E-state index in [-0.39, 0.29) is 5.56 Å². The molecule has 0 radical (unpaired) electrons. The first-order chi connectivity index (χ1) is 8.20. The molecule has 4 heteroatoms. The quantitative estimate of drug-likeness (QED) is 0.811. The molecule has 1 N–H and O–H groups in total. The second kappa shape index (κ2) is 3.58. The number of methoxy groups -OCH3 is 1. The Labute approximate surface area is 98.6 Å². The molecule has 0 aliphatic heterocycles. The number of hydrogen-bond donors (Lipinski definition) is 1. The average Bonchev–Trinajstić information content (AvgIpc) is 2.78. The van der Waals surface area contributed by atoms with Crippen molar-refractivity contribution in [1.29, 1.82) is 0 Å². The maximum absolute atomic E-state index is 11.7. The minimum absolute atomic E-state index is 0.192. The van der Waals surface area contributed by atoms with Crippen molar-refractivity contribution in [3.05, 3.63) is 33.2 Å². The second-order valence-electron chi connectivity index (χ2n) is 4.44. The van der Waals surface area contributed by atoms with E-state index in [0.717, 1.165) is 35.9 Å². The predicted molar refractivity (Wildman–Crippen MR) is 65.7 cm³/mol. The average molecular weight is 230 g/mol. The summed E-state index contributed by atoms with van der Waals surface area (Å²) in [6.45, 7) is 2.05. The standard InChI is InChI=1S/C13H14N2O2/c1-7-8-4-3-5-9(8)14-10-6-11(17-2)13(16)15-12(7)10/h6H,3-5H2,1-2H3,(H,15,16). The number of hydrogen-bond acceptors (Lipinski definition) is 3. The van der Waals surface area contributed by atoms with Crippen molar-refractivity contribution in [3.63, 3.8) is 0 Å². The van der Waals surface area contributed by atoms with Crippen LogP contribution in [-0.4, -0.2) is 17.1 Å². The summed E-state index contributed by atoms with van der Waals surface area (Å²) < 4.78 is 5.03. The van der Waals surface area contributed by atoms with Gasteiger partial charge >= 0.3 is 0 Å². The summed E-state index contributed by atoms with van der Waals surface area (Å²) in [6, 6.07) is 1.72.